The minimum atomic E-state index is 0.837. The summed E-state index contributed by atoms with van der Waals surface area (Å²) in [6, 6.07) is 6.11. The van der Waals surface area contributed by atoms with Gasteiger partial charge in [0.15, 0.2) is 0 Å². The SMILES string of the molecule is CCNC1=Cc2ccc(Cl)cc2CC1. The lowest BCUT2D eigenvalue weighted by molar-refractivity contribution is 0.771. The van der Waals surface area contributed by atoms with E-state index in [-0.39, 0.29) is 0 Å². The molecule has 1 aromatic rings. The zero-order valence-electron chi connectivity index (χ0n) is 8.31. The maximum Gasteiger partial charge on any atom is 0.0409 e. The zero-order valence-corrected chi connectivity index (χ0v) is 9.06. The van der Waals surface area contributed by atoms with Gasteiger partial charge in [-0.15, -0.1) is 0 Å². The van der Waals surface area contributed by atoms with E-state index in [0.717, 1.165) is 24.4 Å². The molecule has 1 aliphatic rings. The van der Waals surface area contributed by atoms with Crippen LogP contribution < -0.4 is 5.32 Å². The lowest BCUT2D eigenvalue weighted by Gasteiger charge is -2.17. The quantitative estimate of drug-likeness (QED) is 0.785. The van der Waals surface area contributed by atoms with Gasteiger partial charge in [0, 0.05) is 17.3 Å². The largest absolute Gasteiger partial charge is 0.389 e. The third-order valence-electron chi connectivity index (χ3n) is 2.50. The standard InChI is InChI=1S/C12H14ClN/c1-2-14-12-6-4-9-7-11(13)5-3-10(9)8-12/h3,5,7-8,14H,2,4,6H2,1H3. The van der Waals surface area contributed by atoms with Crippen molar-refractivity contribution in [1.29, 1.82) is 0 Å². The molecule has 0 spiro atoms. The Balaban J connectivity index is 2.30. The Kier molecular flexibility index (Phi) is 2.78. The molecule has 0 atom stereocenters. The van der Waals surface area contributed by atoms with Gasteiger partial charge in [0.05, 0.1) is 0 Å². The van der Waals surface area contributed by atoms with E-state index in [0.29, 0.717) is 0 Å². The highest BCUT2D eigenvalue weighted by Crippen LogP contribution is 2.25. The number of aryl methyl sites for hydroxylation is 1. The first-order chi connectivity index (χ1) is 6.79. The van der Waals surface area contributed by atoms with Crippen molar-refractivity contribution >= 4 is 17.7 Å². The summed E-state index contributed by atoms with van der Waals surface area (Å²) in [6.45, 7) is 3.12. The van der Waals surface area contributed by atoms with Gasteiger partial charge in [-0.05, 0) is 49.1 Å². The molecule has 0 bridgehead atoms. The number of allylic oxidation sites excluding steroid dienone is 1. The van der Waals surface area contributed by atoms with Gasteiger partial charge in [-0.3, -0.25) is 0 Å². The molecule has 1 aromatic carbocycles. The van der Waals surface area contributed by atoms with Gasteiger partial charge in [0.25, 0.3) is 0 Å². The van der Waals surface area contributed by atoms with Crippen LogP contribution >= 0.6 is 11.6 Å². The van der Waals surface area contributed by atoms with Crippen molar-refractivity contribution in [2.45, 2.75) is 19.8 Å². The molecule has 0 amide bonds. The fourth-order valence-electron chi connectivity index (χ4n) is 1.83. The van der Waals surface area contributed by atoms with Crippen molar-refractivity contribution in [3.05, 3.63) is 40.0 Å². The molecule has 2 rings (SSSR count). The highest BCUT2D eigenvalue weighted by atomic mass is 35.5. The predicted molar refractivity (Wildman–Crippen MR) is 61.4 cm³/mol. The first kappa shape index (κ1) is 9.60. The zero-order chi connectivity index (χ0) is 9.97. The molecular formula is C12H14ClN. The van der Waals surface area contributed by atoms with Crippen LogP contribution in [0.2, 0.25) is 5.02 Å². The van der Waals surface area contributed by atoms with Crippen molar-refractivity contribution < 1.29 is 0 Å². The molecule has 74 valence electrons. The average Bonchev–Trinajstić information content (AvgIpc) is 2.19. The molecular weight excluding hydrogens is 194 g/mol. The highest BCUT2D eigenvalue weighted by molar-refractivity contribution is 6.30. The van der Waals surface area contributed by atoms with E-state index in [2.05, 4.69) is 30.4 Å². The molecule has 14 heavy (non-hydrogen) atoms. The molecule has 1 aliphatic carbocycles. The number of benzene rings is 1. The Bertz CT molecular complexity index is 369. The summed E-state index contributed by atoms with van der Waals surface area (Å²) in [7, 11) is 0. The third kappa shape index (κ3) is 1.93. The molecule has 0 unspecified atom stereocenters. The van der Waals surface area contributed by atoms with E-state index in [4.69, 9.17) is 11.6 Å². The van der Waals surface area contributed by atoms with Crippen molar-refractivity contribution in [2.75, 3.05) is 6.54 Å². The summed E-state index contributed by atoms with van der Waals surface area (Å²) in [4.78, 5) is 0. The lowest BCUT2D eigenvalue weighted by Crippen LogP contribution is -2.15. The molecule has 1 nitrogen and oxygen atoms in total. The first-order valence-corrected chi connectivity index (χ1v) is 5.40. The average molecular weight is 208 g/mol. The van der Waals surface area contributed by atoms with Crippen LogP contribution in [0.15, 0.2) is 23.9 Å². The number of nitrogens with one attached hydrogen (secondary N) is 1. The van der Waals surface area contributed by atoms with Gasteiger partial charge >= 0.3 is 0 Å². The van der Waals surface area contributed by atoms with Gasteiger partial charge in [-0.1, -0.05) is 17.7 Å². The fourth-order valence-corrected chi connectivity index (χ4v) is 2.02. The predicted octanol–water partition coefficient (Wildman–Crippen LogP) is 3.24. The molecule has 0 saturated carbocycles. The van der Waals surface area contributed by atoms with E-state index in [1.165, 1.54) is 16.8 Å². The number of fused-ring (bicyclic) bond motifs is 1. The van der Waals surface area contributed by atoms with Crippen molar-refractivity contribution in [2.24, 2.45) is 0 Å². The third-order valence-corrected chi connectivity index (χ3v) is 2.74. The van der Waals surface area contributed by atoms with Crippen LogP contribution in [0.4, 0.5) is 0 Å². The lowest BCUT2D eigenvalue weighted by atomic mass is 9.95. The van der Waals surface area contributed by atoms with Crippen LogP contribution in [0, 0.1) is 0 Å². The second-order valence-electron chi connectivity index (χ2n) is 3.54. The van der Waals surface area contributed by atoms with E-state index in [9.17, 15) is 0 Å². The number of rotatable bonds is 2. The summed E-state index contributed by atoms with van der Waals surface area (Å²) in [5.41, 5.74) is 4.00. The molecule has 0 radical (unpaired) electrons. The maximum atomic E-state index is 5.94. The Morgan fingerprint density at radius 1 is 1.36 bits per heavy atom. The van der Waals surface area contributed by atoms with Crippen molar-refractivity contribution in [3.63, 3.8) is 0 Å². The van der Waals surface area contributed by atoms with E-state index >= 15 is 0 Å². The van der Waals surface area contributed by atoms with Crippen molar-refractivity contribution in [1.82, 2.24) is 5.32 Å². The normalized spacial score (nSPS) is 14.6. The molecule has 0 aromatic heterocycles. The molecule has 0 heterocycles. The van der Waals surface area contributed by atoms with E-state index < -0.39 is 0 Å². The number of halogens is 1. The molecule has 0 aliphatic heterocycles. The minimum Gasteiger partial charge on any atom is -0.389 e. The fraction of sp³-hybridized carbons (Fsp3) is 0.333. The van der Waals surface area contributed by atoms with Crippen LogP contribution in [0.3, 0.4) is 0 Å². The highest BCUT2D eigenvalue weighted by Gasteiger charge is 2.09. The van der Waals surface area contributed by atoms with Crippen molar-refractivity contribution in [3.8, 4) is 0 Å². The van der Waals surface area contributed by atoms with Gasteiger partial charge in [-0.2, -0.15) is 0 Å². The molecule has 0 saturated heterocycles. The number of hydrogen-bond acceptors (Lipinski definition) is 1. The van der Waals surface area contributed by atoms with Gasteiger partial charge in [-0.25, -0.2) is 0 Å². The second kappa shape index (κ2) is 4.05. The smallest absolute Gasteiger partial charge is 0.0409 e. The summed E-state index contributed by atoms with van der Waals surface area (Å²) in [5, 5.41) is 4.21. The van der Waals surface area contributed by atoms with Gasteiger partial charge in [0.1, 0.15) is 0 Å². The summed E-state index contributed by atoms with van der Waals surface area (Å²) >= 11 is 5.94. The minimum absolute atomic E-state index is 0.837. The molecule has 2 heteroatoms. The Morgan fingerprint density at radius 2 is 2.21 bits per heavy atom. The molecule has 1 N–H and O–H groups in total. The van der Waals surface area contributed by atoms with Crippen LogP contribution in [0.25, 0.3) is 6.08 Å². The summed E-state index contributed by atoms with van der Waals surface area (Å²) in [6.07, 6.45) is 4.41. The molecule has 0 fully saturated rings. The maximum absolute atomic E-state index is 5.94. The monoisotopic (exact) mass is 207 g/mol. The van der Waals surface area contributed by atoms with E-state index in [1.54, 1.807) is 0 Å². The van der Waals surface area contributed by atoms with Crippen LogP contribution in [-0.4, -0.2) is 6.54 Å². The van der Waals surface area contributed by atoms with E-state index in [1.807, 2.05) is 6.07 Å². The second-order valence-corrected chi connectivity index (χ2v) is 3.98. The number of hydrogen-bond donors (Lipinski definition) is 1. The van der Waals surface area contributed by atoms with Crippen LogP contribution in [0.5, 0.6) is 0 Å². The Hall–Kier alpha value is -0.950. The first-order valence-electron chi connectivity index (χ1n) is 5.02. The summed E-state index contributed by atoms with van der Waals surface area (Å²) < 4.78 is 0. The van der Waals surface area contributed by atoms with Crippen LogP contribution in [0.1, 0.15) is 24.5 Å². The Morgan fingerprint density at radius 3 is 3.00 bits per heavy atom. The van der Waals surface area contributed by atoms with Gasteiger partial charge in [0.2, 0.25) is 0 Å². The summed E-state index contributed by atoms with van der Waals surface area (Å²) in [5.74, 6) is 0. The van der Waals surface area contributed by atoms with Crippen LogP contribution in [-0.2, 0) is 6.42 Å². The topological polar surface area (TPSA) is 12.0 Å². The Labute approximate surface area is 89.8 Å². The van der Waals surface area contributed by atoms with Gasteiger partial charge < -0.3 is 5.32 Å².